The predicted octanol–water partition coefficient (Wildman–Crippen LogP) is 5.14. The molecule has 0 aliphatic rings. The number of benzene rings is 3. The maximum Gasteiger partial charge on any atom is 0.225 e. The van der Waals surface area contributed by atoms with Crippen molar-refractivity contribution >= 4 is 27.8 Å². The molecule has 0 fully saturated rings. The number of imidazole rings is 1. The average Bonchev–Trinajstić information content (AvgIpc) is 3.18. The molecule has 0 saturated heterocycles. The third-order valence-corrected chi connectivity index (χ3v) is 4.96. The van der Waals surface area contributed by atoms with Gasteiger partial charge in [-0.3, -0.25) is 4.57 Å². The van der Waals surface area contributed by atoms with E-state index in [0.717, 1.165) is 16.9 Å². The fourth-order valence-corrected chi connectivity index (χ4v) is 3.45. The molecule has 0 saturated carbocycles. The molecule has 5 heteroatoms. The molecule has 0 spiro atoms. The third-order valence-electron chi connectivity index (χ3n) is 4.96. The lowest BCUT2D eigenvalue weighted by molar-refractivity contribution is 0.855. The summed E-state index contributed by atoms with van der Waals surface area (Å²) in [6.45, 7) is 2.12. The highest BCUT2D eigenvalue weighted by atomic mass is 15.2. The van der Waals surface area contributed by atoms with Crippen LogP contribution in [0.2, 0.25) is 0 Å². The van der Waals surface area contributed by atoms with E-state index in [-0.39, 0.29) is 6.04 Å². The molecule has 0 aliphatic heterocycles. The molecular formula is C23H19N5. The van der Waals surface area contributed by atoms with Gasteiger partial charge in [0.15, 0.2) is 0 Å². The van der Waals surface area contributed by atoms with Crippen LogP contribution in [0.4, 0.5) is 5.95 Å². The summed E-state index contributed by atoms with van der Waals surface area (Å²) in [7, 11) is 0. The van der Waals surface area contributed by atoms with Crippen molar-refractivity contribution in [1.82, 2.24) is 19.5 Å². The van der Waals surface area contributed by atoms with Gasteiger partial charge < -0.3 is 5.32 Å². The highest BCUT2D eigenvalue weighted by molar-refractivity contribution is 5.83. The summed E-state index contributed by atoms with van der Waals surface area (Å²) in [5, 5.41) is 5.89. The van der Waals surface area contributed by atoms with E-state index in [1.807, 2.05) is 34.9 Å². The van der Waals surface area contributed by atoms with E-state index in [9.17, 15) is 0 Å². The fourth-order valence-electron chi connectivity index (χ4n) is 3.45. The maximum atomic E-state index is 4.69. The number of rotatable bonds is 4. The Kier molecular flexibility index (Phi) is 3.98. The van der Waals surface area contributed by atoms with Gasteiger partial charge in [-0.2, -0.15) is 4.98 Å². The first-order chi connectivity index (χ1) is 13.8. The maximum absolute atomic E-state index is 4.69. The molecule has 5 aromatic rings. The number of nitrogens with one attached hydrogen (secondary N) is 1. The molecule has 1 N–H and O–H groups in total. The Morgan fingerprint density at radius 2 is 1.68 bits per heavy atom. The van der Waals surface area contributed by atoms with Crippen LogP contribution in [-0.2, 0) is 0 Å². The molecule has 1 unspecified atom stereocenters. The van der Waals surface area contributed by atoms with Crippen molar-refractivity contribution in [2.24, 2.45) is 0 Å². The molecule has 28 heavy (non-hydrogen) atoms. The minimum absolute atomic E-state index is 0.0828. The number of hydrogen-bond acceptors (Lipinski definition) is 4. The van der Waals surface area contributed by atoms with E-state index in [1.54, 1.807) is 12.5 Å². The number of para-hydroxylation sites is 2. The second-order valence-corrected chi connectivity index (χ2v) is 6.81. The summed E-state index contributed by atoms with van der Waals surface area (Å²) >= 11 is 0. The van der Waals surface area contributed by atoms with Crippen LogP contribution in [0.1, 0.15) is 18.5 Å². The first-order valence-electron chi connectivity index (χ1n) is 9.29. The van der Waals surface area contributed by atoms with E-state index in [4.69, 9.17) is 4.98 Å². The zero-order valence-electron chi connectivity index (χ0n) is 15.4. The minimum atomic E-state index is 0.0828. The summed E-state index contributed by atoms with van der Waals surface area (Å²) in [5.74, 6) is 1.38. The van der Waals surface area contributed by atoms with Gasteiger partial charge in [0.05, 0.1) is 17.1 Å². The summed E-state index contributed by atoms with van der Waals surface area (Å²) in [5.41, 5.74) is 3.16. The summed E-state index contributed by atoms with van der Waals surface area (Å²) in [6, 6.07) is 24.9. The van der Waals surface area contributed by atoms with Gasteiger partial charge in [-0.05, 0) is 47.5 Å². The third kappa shape index (κ3) is 2.97. The molecule has 0 aliphatic carbocycles. The molecule has 3 aromatic carbocycles. The van der Waals surface area contributed by atoms with Gasteiger partial charge in [0, 0.05) is 6.20 Å². The van der Waals surface area contributed by atoms with E-state index >= 15 is 0 Å². The van der Waals surface area contributed by atoms with Gasteiger partial charge in [-0.15, -0.1) is 0 Å². The number of aromatic nitrogens is 4. The fraction of sp³-hybridized carbons (Fsp3) is 0.0870. The van der Waals surface area contributed by atoms with Crippen molar-refractivity contribution < 1.29 is 0 Å². The number of nitrogens with zero attached hydrogens (tertiary/aromatic N) is 4. The van der Waals surface area contributed by atoms with Crippen LogP contribution in [0.25, 0.3) is 27.6 Å². The lowest BCUT2D eigenvalue weighted by atomic mass is 10.0. The van der Waals surface area contributed by atoms with Crippen LogP contribution < -0.4 is 5.32 Å². The summed E-state index contributed by atoms with van der Waals surface area (Å²) in [4.78, 5) is 13.5. The van der Waals surface area contributed by atoms with Crippen molar-refractivity contribution in [3.63, 3.8) is 0 Å². The molecule has 0 amide bonds. The summed E-state index contributed by atoms with van der Waals surface area (Å²) in [6.07, 6.45) is 3.57. The number of anilines is 1. The standard InChI is InChI=1S/C23H19N5/c1-16(18-11-10-17-6-2-3-7-19(17)14-18)26-23-24-13-12-22(27-23)28-15-25-20-8-4-5-9-21(20)28/h2-16H,1H3,(H,24,26,27). The molecular weight excluding hydrogens is 346 g/mol. The number of hydrogen-bond donors (Lipinski definition) is 1. The van der Waals surface area contributed by atoms with Crippen LogP contribution in [0.5, 0.6) is 0 Å². The SMILES string of the molecule is CC(Nc1nccc(-n2cnc3ccccc32)n1)c1ccc2ccccc2c1. The topological polar surface area (TPSA) is 55.6 Å². The van der Waals surface area contributed by atoms with Gasteiger partial charge >= 0.3 is 0 Å². The van der Waals surface area contributed by atoms with Crippen molar-refractivity contribution in [3.8, 4) is 5.82 Å². The normalized spacial score (nSPS) is 12.3. The van der Waals surface area contributed by atoms with E-state index < -0.39 is 0 Å². The van der Waals surface area contributed by atoms with E-state index in [1.165, 1.54) is 16.3 Å². The lowest BCUT2D eigenvalue weighted by Gasteiger charge is -2.15. The molecule has 5 rings (SSSR count). The van der Waals surface area contributed by atoms with Crippen LogP contribution >= 0.6 is 0 Å². The Morgan fingerprint density at radius 3 is 2.61 bits per heavy atom. The van der Waals surface area contributed by atoms with E-state index in [2.05, 4.69) is 64.7 Å². The highest BCUT2D eigenvalue weighted by Crippen LogP contribution is 2.23. The molecule has 2 heterocycles. The van der Waals surface area contributed by atoms with Crippen molar-refractivity contribution in [1.29, 1.82) is 0 Å². The summed E-state index contributed by atoms with van der Waals surface area (Å²) < 4.78 is 1.98. The van der Waals surface area contributed by atoms with Crippen LogP contribution in [-0.4, -0.2) is 19.5 Å². The highest BCUT2D eigenvalue weighted by Gasteiger charge is 2.10. The molecule has 5 nitrogen and oxygen atoms in total. The first-order valence-corrected chi connectivity index (χ1v) is 9.29. The van der Waals surface area contributed by atoms with Gasteiger partial charge in [-0.25, -0.2) is 9.97 Å². The second kappa shape index (κ2) is 6.78. The average molecular weight is 365 g/mol. The number of fused-ring (bicyclic) bond motifs is 2. The Hall–Kier alpha value is -3.73. The zero-order valence-corrected chi connectivity index (χ0v) is 15.4. The first kappa shape index (κ1) is 16.4. The minimum Gasteiger partial charge on any atom is -0.348 e. The van der Waals surface area contributed by atoms with Crippen LogP contribution in [0.15, 0.2) is 85.3 Å². The van der Waals surface area contributed by atoms with Crippen molar-refractivity contribution in [2.45, 2.75) is 13.0 Å². The van der Waals surface area contributed by atoms with E-state index in [0.29, 0.717) is 5.95 Å². The lowest BCUT2D eigenvalue weighted by Crippen LogP contribution is -2.10. The smallest absolute Gasteiger partial charge is 0.225 e. The second-order valence-electron chi connectivity index (χ2n) is 6.81. The molecule has 2 aromatic heterocycles. The quantitative estimate of drug-likeness (QED) is 0.479. The molecule has 136 valence electrons. The van der Waals surface area contributed by atoms with Crippen LogP contribution in [0.3, 0.4) is 0 Å². The molecule has 0 radical (unpaired) electrons. The van der Waals surface area contributed by atoms with Crippen molar-refractivity contribution in [3.05, 3.63) is 90.9 Å². The van der Waals surface area contributed by atoms with Gasteiger partial charge in [0.25, 0.3) is 0 Å². The van der Waals surface area contributed by atoms with Gasteiger partial charge in [-0.1, -0.05) is 48.5 Å². The molecule has 0 bridgehead atoms. The molecule has 1 atom stereocenters. The van der Waals surface area contributed by atoms with Gasteiger partial charge in [0.1, 0.15) is 12.1 Å². The largest absolute Gasteiger partial charge is 0.348 e. The van der Waals surface area contributed by atoms with Gasteiger partial charge in [0.2, 0.25) is 5.95 Å². The zero-order chi connectivity index (χ0) is 18.9. The Morgan fingerprint density at radius 1 is 0.857 bits per heavy atom. The monoisotopic (exact) mass is 365 g/mol. The Bertz CT molecular complexity index is 1270. The van der Waals surface area contributed by atoms with Crippen molar-refractivity contribution in [2.75, 3.05) is 5.32 Å². The Balaban J connectivity index is 1.44. The predicted molar refractivity (Wildman–Crippen MR) is 113 cm³/mol. The van der Waals surface area contributed by atoms with Crippen LogP contribution in [0, 0.1) is 0 Å². The Labute approximate surface area is 162 Å².